The molecule has 0 radical (unpaired) electrons. The van der Waals surface area contributed by atoms with E-state index < -0.39 is 17.6 Å². The van der Waals surface area contributed by atoms with E-state index in [9.17, 15) is 18.0 Å². The van der Waals surface area contributed by atoms with Crippen LogP contribution in [-0.4, -0.2) is 20.7 Å². The number of halogens is 3. The van der Waals surface area contributed by atoms with Crippen molar-refractivity contribution < 1.29 is 22.4 Å². The first-order valence-electron chi connectivity index (χ1n) is 8.39. The minimum absolute atomic E-state index is 0.00927. The van der Waals surface area contributed by atoms with E-state index in [-0.39, 0.29) is 12.1 Å². The SMILES string of the molecule is O=C(Cc1csc(-c2ccco2)n1)Nc1cc(C(F)(F)F)ccc1-n1cccn1. The molecule has 6 nitrogen and oxygen atoms in total. The predicted molar refractivity (Wildman–Crippen MR) is 101 cm³/mol. The molecule has 4 rings (SSSR count). The smallest absolute Gasteiger partial charge is 0.416 e. The summed E-state index contributed by atoms with van der Waals surface area (Å²) < 4.78 is 46.0. The van der Waals surface area contributed by atoms with Crippen molar-refractivity contribution in [2.75, 3.05) is 5.32 Å². The Morgan fingerprint density at radius 1 is 1.24 bits per heavy atom. The molecule has 1 aromatic carbocycles. The summed E-state index contributed by atoms with van der Waals surface area (Å²) in [5, 5.41) is 8.90. The largest absolute Gasteiger partial charge is 0.462 e. The van der Waals surface area contributed by atoms with Gasteiger partial charge in [0.25, 0.3) is 0 Å². The van der Waals surface area contributed by atoms with Crippen LogP contribution in [0.4, 0.5) is 18.9 Å². The lowest BCUT2D eigenvalue weighted by molar-refractivity contribution is -0.137. The van der Waals surface area contributed by atoms with Gasteiger partial charge in [-0.25, -0.2) is 9.67 Å². The second-order valence-electron chi connectivity index (χ2n) is 6.03. The number of hydrogen-bond donors (Lipinski definition) is 1. The van der Waals surface area contributed by atoms with Crippen molar-refractivity contribution in [1.29, 1.82) is 0 Å². The molecule has 0 saturated carbocycles. The van der Waals surface area contributed by atoms with Crippen molar-refractivity contribution >= 4 is 22.9 Å². The van der Waals surface area contributed by atoms with Crippen LogP contribution < -0.4 is 5.32 Å². The zero-order chi connectivity index (χ0) is 20.4. The Balaban J connectivity index is 1.57. The molecule has 4 aromatic rings. The summed E-state index contributed by atoms with van der Waals surface area (Å²) in [4.78, 5) is 16.8. The Morgan fingerprint density at radius 2 is 2.10 bits per heavy atom. The molecule has 0 aliphatic heterocycles. The van der Waals surface area contributed by atoms with E-state index in [0.29, 0.717) is 22.1 Å². The van der Waals surface area contributed by atoms with Gasteiger partial charge in [0.1, 0.15) is 0 Å². The van der Waals surface area contributed by atoms with Gasteiger partial charge in [0.05, 0.1) is 35.3 Å². The van der Waals surface area contributed by atoms with Gasteiger partial charge in [-0.1, -0.05) is 0 Å². The van der Waals surface area contributed by atoms with E-state index in [1.165, 1.54) is 34.5 Å². The molecule has 3 aromatic heterocycles. The molecule has 0 aliphatic rings. The molecular weight excluding hydrogens is 405 g/mol. The van der Waals surface area contributed by atoms with Gasteiger partial charge in [0, 0.05) is 17.8 Å². The molecule has 0 unspecified atom stereocenters. The molecule has 148 valence electrons. The quantitative estimate of drug-likeness (QED) is 0.506. The Bertz CT molecular complexity index is 1120. The van der Waals surface area contributed by atoms with Crippen molar-refractivity contribution in [2.24, 2.45) is 0 Å². The number of rotatable bonds is 5. The highest BCUT2D eigenvalue weighted by Gasteiger charge is 2.31. The average molecular weight is 418 g/mol. The summed E-state index contributed by atoms with van der Waals surface area (Å²) in [6.07, 6.45) is -0.0302. The van der Waals surface area contributed by atoms with Crippen LogP contribution in [0.2, 0.25) is 0 Å². The van der Waals surface area contributed by atoms with E-state index in [1.807, 2.05) is 0 Å². The van der Waals surface area contributed by atoms with Crippen LogP contribution in [0.15, 0.2) is 64.9 Å². The van der Waals surface area contributed by atoms with E-state index >= 15 is 0 Å². The standard InChI is InChI=1S/C19H13F3N4O2S/c20-19(21,22)12-4-5-15(26-7-2-6-23-26)14(9-12)25-17(27)10-13-11-29-18(24-13)16-3-1-8-28-16/h1-9,11H,10H2,(H,25,27). The molecule has 1 N–H and O–H groups in total. The van der Waals surface area contributed by atoms with Crippen LogP contribution in [0.5, 0.6) is 0 Å². The van der Waals surface area contributed by atoms with Gasteiger partial charge in [-0.2, -0.15) is 18.3 Å². The number of nitrogens with zero attached hydrogens (tertiary/aromatic N) is 3. The van der Waals surface area contributed by atoms with Crippen LogP contribution in [0.1, 0.15) is 11.3 Å². The number of hydrogen-bond acceptors (Lipinski definition) is 5. The fourth-order valence-corrected chi connectivity index (χ4v) is 3.47. The van der Waals surface area contributed by atoms with Gasteiger partial charge in [0.15, 0.2) is 10.8 Å². The number of benzene rings is 1. The zero-order valence-corrected chi connectivity index (χ0v) is 15.5. The van der Waals surface area contributed by atoms with Crippen LogP contribution in [0.25, 0.3) is 16.5 Å². The third-order valence-electron chi connectivity index (χ3n) is 3.97. The van der Waals surface area contributed by atoms with Gasteiger partial charge >= 0.3 is 6.18 Å². The number of aromatic nitrogens is 3. The summed E-state index contributed by atoms with van der Waals surface area (Å²) in [6, 6.07) is 8.22. The van der Waals surface area contributed by atoms with Crippen LogP contribution in [-0.2, 0) is 17.4 Å². The lowest BCUT2D eigenvalue weighted by atomic mass is 10.1. The van der Waals surface area contributed by atoms with Crippen LogP contribution >= 0.6 is 11.3 Å². The minimum atomic E-state index is -4.53. The summed E-state index contributed by atoms with van der Waals surface area (Å²) in [5.74, 6) is 0.0922. The summed E-state index contributed by atoms with van der Waals surface area (Å²) in [5.41, 5.74) is -0.0371. The molecule has 29 heavy (non-hydrogen) atoms. The van der Waals surface area contributed by atoms with E-state index in [4.69, 9.17) is 4.42 Å². The van der Waals surface area contributed by atoms with E-state index in [2.05, 4.69) is 15.4 Å². The highest BCUT2D eigenvalue weighted by atomic mass is 32.1. The number of anilines is 1. The highest BCUT2D eigenvalue weighted by molar-refractivity contribution is 7.13. The lowest BCUT2D eigenvalue weighted by Gasteiger charge is -2.14. The van der Waals surface area contributed by atoms with E-state index in [0.717, 1.165) is 12.1 Å². The fourth-order valence-electron chi connectivity index (χ4n) is 2.68. The maximum atomic E-state index is 13.1. The van der Waals surface area contributed by atoms with Crippen LogP contribution in [0, 0.1) is 0 Å². The van der Waals surface area contributed by atoms with E-state index in [1.54, 1.807) is 29.8 Å². The van der Waals surface area contributed by atoms with Crippen molar-refractivity contribution in [3.05, 3.63) is 71.7 Å². The first-order chi connectivity index (χ1) is 13.9. The summed E-state index contributed by atoms with van der Waals surface area (Å²) in [7, 11) is 0. The first kappa shape index (κ1) is 18.9. The molecule has 0 atom stereocenters. The van der Waals surface area contributed by atoms with Crippen molar-refractivity contribution in [2.45, 2.75) is 12.6 Å². The number of thiazole rings is 1. The fraction of sp³-hybridized carbons (Fsp3) is 0.105. The van der Waals surface area contributed by atoms with Crippen LogP contribution in [0.3, 0.4) is 0 Å². The molecule has 0 saturated heterocycles. The minimum Gasteiger partial charge on any atom is -0.462 e. The first-order valence-corrected chi connectivity index (χ1v) is 9.27. The maximum Gasteiger partial charge on any atom is 0.416 e. The van der Waals surface area contributed by atoms with Crippen molar-refractivity contribution in [1.82, 2.24) is 14.8 Å². The normalized spacial score (nSPS) is 11.6. The molecule has 0 aliphatic carbocycles. The summed E-state index contributed by atoms with van der Waals surface area (Å²) in [6.45, 7) is 0. The van der Waals surface area contributed by atoms with Crippen molar-refractivity contribution in [3.63, 3.8) is 0 Å². The molecule has 0 fully saturated rings. The number of furan rings is 1. The third kappa shape index (κ3) is 4.21. The Labute approximate surface area is 166 Å². The number of amides is 1. The van der Waals surface area contributed by atoms with Gasteiger partial charge in [-0.3, -0.25) is 4.79 Å². The number of carbonyl (C=O) groups is 1. The molecule has 0 spiro atoms. The molecule has 3 heterocycles. The lowest BCUT2D eigenvalue weighted by Crippen LogP contribution is -2.17. The number of nitrogens with one attached hydrogen (secondary N) is 1. The molecule has 0 bridgehead atoms. The topological polar surface area (TPSA) is 73.0 Å². The monoisotopic (exact) mass is 418 g/mol. The summed E-state index contributed by atoms with van der Waals surface area (Å²) >= 11 is 1.31. The molecule has 1 amide bonds. The zero-order valence-electron chi connectivity index (χ0n) is 14.7. The predicted octanol–water partition coefficient (Wildman–Crippen LogP) is 4.79. The molecular formula is C19H13F3N4O2S. The Hall–Kier alpha value is -3.40. The Morgan fingerprint density at radius 3 is 2.79 bits per heavy atom. The average Bonchev–Trinajstić information content (AvgIpc) is 3.43. The van der Waals surface area contributed by atoms with Crippen molar-refractivity contribution in [3.8, 4) is 16.5 Å². The van der Waals surface area contributed by atoms with Gasteiger partial charge in [-0.05, 0) is 36.4 Å². The maximum absolute atomic E-state index is 13.1. The van der Waals surface area contributed by atoms with Gasteiger partial charge < -0.3 is 9.73 Å². The molecule has 10 heteroatoms. The third-order valence-corrected chi connectivity index (χ3v) is 4.88. The van der Waals surface area contributed by atoms with Gasteiger partial charge in [0.2, 0.25) is 5.91 Å². The second kappa shape index (κ2) is 7.55. The Kier molecular flexibility index (Phi) is 4.93. The highest BCUT2D eigenvalue weighted by Crippen LogP contribution is 2.33. The number of carbonyl (C=O) groups excluding carboxylic acids is 1. The second-order valence-corrected chi connectivity index (χ2v) is 6.88. The van der Waals surface area contributed by atoms with Gasteiger partial charge in [-0.15, -0.1) is 11.3 Å². The number of alkyl halides is 3.